The first-order valence-electron chi connectivity index (χ1n) is 7.11. The van der Waals surface area contributed by atoms with E-state index in [2.05, 4.69) is 20.3 Å². The molecule has 6 heteroatoms. The molecule has 0 saturated carbocycles. The monoisotopic (exact) mass is 288 g/mol. The van der Waals surface area contributed by atoms with Gasteiger partial charge in [-0.05, 0) is 18.9 Å². The molecule has 0 aliphatic rings. The highest BCUT2D eigenvalue weighted by molar-refractivity contribution is 5.27. The maximum atomic E-state index is 5.62. The molecule has 1 N–H and O–H groups in total. The van der Waals surface area contributed by atoms with Gasteiger partial charge in [0, 0.05) is 6.54 Å². The van der Waals surface area contributed by atoms with Gasteiger partial charge in [-0.3, -0.25) is 0 Å². The van der Waals surface area contributed by atoms with Gasteiger partial charge in [0.1, 0.15) is 6.61 Å². The van der Waals surface area contributed by atoms with E-state index in [-0.39, 0.29) is 12.0 Å². The van der Waals surface area contributed by atoms with Crippen molar-refractivity contribution < 1.29 is 9.47 Å². The summed E-state index contributed by atoms with van der Waals surface area (Å²) in [5.74, 6) is 0.460. The van der Waals surface area contributed by atoms with Gasteiger partial charge in [0.2, 0.25) is 5.95 Å². The maximum Gasteiger partial charge on any atom is 0.324 e. The second kappa shape index (κ2) is 8.04. The van der Waals surface area contributed by atoms with Crippen molar-refractivity contribution in [2.24, 2.45) is 0 Å². The quantitative estimate of drug-likeness (QED) is 0.805. The molecule has 1 aromatic carbocycles. The highest BCUT2D eigenvalue weighted by atomic mass is 16.5. The van der Waals surface area contributed by atoms with Gasteiger partial charge in [0.25, 0.3) is 0 Å². The molecule has 0 atom stereocenters. The van der Waals surface area contributed by atoms with Crippen LogP contribution in [0.4, 0.5) is 5.95 Å². The first-order chi connectivity index (χ1) is 10.3. The van der Waals surface area contributed by atoms with Gasteiger partial charge in [-0.15, -0.1) is 4.98 Å². The predicted molar refractivity (Wildman–Crippen MR) is 80.6 cm³/mol. The van der Waals surface area contributed by atoms with Crippen LogP contribution in [-0.2, 0) is 6.61 Å². The van der Waals surface area contributed by atoms with Crippen LogP contribution in [0.3, 0.4) is 0 Å². The van der Waals surface area contributed by atoms with E-state index in [1.807, 2.05) is 44.2 Å². The molecule has 2 aromatic rings. The van der Waals surface area contributed by atoms with Crippen molar-refractivity contribution in [3.63, 3.8) is 0 Å². The zero-order valence-corrected chi connectivity index (χ0v) is 12.4. The number of benzene rings is 1. The molecule has 0 saturated heterocycles. The average Bonchev–Trinajstić information content (AvgIpc) is 2.52. The topological polar surface area (TPSA) is 69.2 Å². The zero-order chi connectivity index (χ0) is 14.9. The summed E-state index contributed by atoms with van der Waals surface area (Å²) in [4.78, 5) is 12.6. The van der Waals surface area contributed by atoms with Crippen LogP contribution in [0.5, 0.6) is 12.0 Å². The molecule has 0 aliphatic heterocycles. The number of anilines is 1. The Kier molecular flexibility index (Phi) is 5.75. The average molecular weight is 288 g/mol. The van der Waals surface area contributed by atoms with Crippen LogP contribution in [-0.4, -0.2) is 28.1 Å². The number of ether oxygens (including phenoxy) is 2. The number of nitrogens with zero attached hydrogens (tertiary/aromatic N) is 3. The Morgan fingerprint density at radius 3 is 2.33 bits per heavy atom. The fourth-order valence-electron chi connectivity index (χ4n) is 1.62. The van der Waals surface area contributed by atoms with Crippen LogP contribution < -0.4 is 14.8 Å². The lowest BCUT2D eigenvalue weighted by Crippen LogP contribution is -2.09. The summed E-state index contributed by atoms with van der Waals surface area (Å²) in [6.07, 6.45) is 0.891. The zero-order valence-electron chi connectivity index (χ0n) is 12.4. The third-order valence-corrected chi connectivity index (χ3v) is 2.58. The molecule has 1 heterocycles. The summed E-state index contributed by atoms with van der Waals surface area (Å²) in [6, 6.07) is 10.4. The van der Waals surface area contributed by atoms with E-state index in [9.17, 15) is 0 Å². The van der Waals surface area contributed by atoms with E-state index < -0.39 is 0 Å². The maximum absolute atomic E-state index is 5.62. The van der Waals surface area contributed by atoms with Crippen LogP contribution >= 0.6 is 0 Å². The van der Waals surface area contributed by atoms with Gasteiger partial charge in [0.15, 0.2) is 0 Å². The minimum absolute atomic E-state index is 0.260. The smallest absolute Gasteiger partial charge is 0.324 e. The lowest BCUT2D eigenvalue weighted by Gasteiger charge is -2.09. The van der Waals surface area contributed by atoms with Gasteiger partial charge >= 0.3 is 12.0 Å². The van der Waals surface area contributed by atoms with Gasteiger partial charge in [-0.2, -0.15) is 9.97 Å². The summed E-state index contributed by atoms with van der Waals surface area (Å²) in [6.45, 7) is 5.69. The Morgan fingerprint density at radius 1 is 0.952 bits per heavy atom. The molecule has 112 valence electrons. The molecule has 0 spiro atoms. The van der Waals surface area contributed by atoms with Crippen molar-refractivity contribution in [3.8, 4) is 12.0 Å². The summed E-state index contributed by atoms with van der Waals surface area (Å²) >= 11 is 0. The first-order valence-corrected chi connectivity index (χ1v) is 7.11. The molecule has 0 aliphatic carbocycles. The number of hydrogen-bond donors (Lipinski definition) is 1. The van der Waals surface area contributed by atoms with E-state index in [0.717, 1.165) is 18.5 Å². The Balaban J connectivity index is 2.07. The minimum atomic E-state index is 0.260. The summed E-state index contributed by atoms with van der Waals surface area (Å²) in [7, 11) is 0. The second-order valence-corrected chi connectivity index (χ2v) is 4.38. The number of aromatic nitrogens is 3. The van der Waals surface area contributed by atoms with Crippen LogP contribution in [0.25, 0.3) is 0 Å². The van der Waals surface area contributed by atoms with E-state index in [4.69, 9.17) is 9.47 Å². The van der Waals surface area contributed by atoms with Crippen molar-refractivity contribution in [1.29, 1.82) is 0 Å². The lowest BCUT2D eigenvalue weighted by molar-refractivity contribution is 0.256. The number of rotatable bonds is 8. The van der Waals surface area contributed by atoms with E-state index >= 15 is 0 Å². The Labute approximate surface area is 124 Å². The Morgan fingerprint density at radius 2 is 1.67 bits per heavy atom. The molecule has 0 amide bonds. The van der Waals surface area contributed by atoms with Crippen molar-refractivity contribution in [3.05, 3.63) is 35.9 Å². The molecule has 0 bridgehead atoms. The van der Waals surface area contributed by atoms with Gasteiger partial charge in [0.05, 0.1) is 6.61 Å². The van der Waals surface area contributed by atoms with E-state index in [1.165, 1.54) is 0 Å². The van der Waals surface area contributed by atoms with Crippen LogP contribution in [0.2, 0.25) is 0 Å². The highest BCUT2D eigenvalue weighted by Gasteiger charge is 2.08. The molecule has 21 heavy (non-hydrogen) atoms. The molecule has 0 fully saturated rings. The standard InChI is InChI=1S/C15H20N4O2/c1-3-10-20-14-17-13(16-4-2)18-15(19-14)21-11-12-8-6-5-7-9-12/h5-9H,3-4,10-11H2,1-2H3,(H,16,17,18,19). The summed E-state index contributed by atoms with van der Waals surface area (Å²) in [5.41, 5.74) is 1.05. The molecule has 2 rings (SSSR count). The van der Waals surface area contributed by atoms with E-state index in [1.54, 1.807) is 0 Å². The number of hydrogen-bond acceptors (Lipinski definition) is 6. The third kappa shape index (κ3) is 4.91. The Hall–Kier alpha value is -2.37. The SMILES string of the molecule is CCCOc1nc(NCC)nc(OCc2ccccc2)n1. The van der Waals surface area contributed by atoms with Crippen molar-refractivity contribution in [2.45, 2.75) is 26.9 Å². The number of nitrogens with one attached hydrogen (secondary N) is 1. The van der Waals surface area contributed by atoms with Crippen LogP contribution in [0.1, 0.15) is 25.8 Å². The van der Waals surface area contributed by atoms with Crippen molar-refractivity contribution in [2.75, 3.05) is 18.5 Å². The molecular formula is C15H20N4O2. The van der Waals surface area contributed by atoms with Crippen molar-refractivity contribution in [1.82, 2.24) is 15.0 Å². The third-order valence-electron chi connectivity index (χ3n) is 2.58. The fourth-order valence-corrected chi connectivity index (χ4v) is 1.62. The summed E-state index contributed by atoms with van der Waals surface area (Å²) in [5, 5.41) is 3.04. The highest BCUT2D eigenvalue weighted by Crippen LogP contribution is 2.14. The summed E-state index contributed by atoms with van der Waals surface area (Å²) < 4.78 is 11.1. The van der Waals surface area contributed by atoms with Gasteiger partial charge in [-0.25, -0.2) is 0 Å². The fraction of sp³-hybridized carbons (Fsp3) is 0.400. The largest absolute Gasteiger partial charge is 0.463 e. The minimum Gasteiger partial charge on any atom is -0.463 e. The van der Waals surface area contributed by atoms with Gasteiger partial charge < -0.3 is 14.8 Å². The lowest BCUT2D eigenvalue weighted by atomic mass is 10.2. The molecular weight excluding hydrogens is 268 g/mol. The molecule has 6 nitrogen and oxygen atoms in total. The molecule has 0 unspecified atom stereocenters. The first kappa shape index (κ1) is 15.0. The molecule has 1 aromatic heterocycles. The van der Waals surface area contributed by atoms with Crippen LogP contribution in [0.15, 0.2) is 30.3 Å². The second-order valence-electron chi connectivity index (χ2n) is 4.38. The normalized spacial score (nSPS) is 10.2. The predicted octanol–water partition coefficient (Wildman–Crippen LogP) is 2.67. The van der Waals surface area contributed by atoms with Gasteiger partial charge in [-0.1, -0.05) is 37.3 Å². The van der Waals surface area contributed by atoms with Crippen LogP contribution in [0, 0.1) is 0 Å². The van der Waals surface area contributed by atoms with Crippen molar-refractivity contribution >= 4 is 5.95 Å². The molecule has 0 radical (unpaired) electrons. The Bertz CT molecular complexity index is 549. The van der Waals surface area contributed by atoms with E-state index in [0.29, 0.717) is 19.2 Å².